The number of rotatable bonds is 8. The van der Waals surface area contributed by atoms with Crippen molar-refractivity contribution >= 4 is 40.0 Å². The first-order chi connectivity index (χ1) is 15.0. The number of thiophene rings is 1. The number of amides is 1. The van der Waals surface area contributed by atoms with Crippen molar-refractivity contribution in [3.8, 4) is 0 Å². The maximum absolute atomic E-state index is 12.5. The molecule has 162 valence electrons. The van der Waals surface area contributed by atoms with Crippen molar-refractivity contribution in [3.63, 3.8) is 0 Å². The number of aromatic nitrogens is 3. The maximum Gasteiger partial charge on any atom is 0.341 e. The fourth-order valence-corrected chi connectivity index (χ4v) is 5.22. The molecule has 4 rings (SSSR count). The van der Waals surface area contributed by atoms with E-state index in [2.05, 4.69) is 39.8 Å². The van der Waals surface area contributed by atoms with Gasteiger partial charge in [-0.2, -0.15) is 0 Å². The summed E-state index contributed by atoms with van der Waals surface area (Å²) < 4.78 is 7.05. The zero-order valence-electron chi connectivity index (χ0n) is 17.6. The molecule has 1 saturated carbocycles. The van der Waals surface area contributed by atoms with E-state index in [1.807, 2.05) is 24.6 Å². The molecule has 2 aromatic heterocycles. The van der Waals surface area contributed by atoms with Gasteiger partial charge in [-0.25, -0.2) is 4.79 Å². The summed E-state index contributed by atoms with van der Waals surface area (Å²) in [6.45, 7) is 3.93. The molecule has 1 amide bonds. The zero-order chi connectivity index (χ0) is 22.0. The minimum Gasteiger partial charge on any atom is -0.462 e. The molecule has 0 spiro atoms. The van der Waals surface area contributed by atoms with Crippen molar-refractivity contribution in [1.29, 1.82) is 0 Å². The van der Waals surface area contributed by atoms with Gasteiger partial charge in [-0.15, -0.1) is 21.5 Å². The Morgan fingerprint density at radius 1 is 1.26 bits per heavy atom. The highest BCUT2D eigenvalue weighted by atomic mass is 32.2. The molecule has 1 aromatic carbocycles. The SMILES string of the molecule is CCOC(=O)c1cc(C)sc1NC(=O)CSc1nnc(C2CC2c2ccccc2)n1C. The lowest BCUT2D eigenvalue weighted by molar-refractivity contribution is -0.113. The van der Waals surface area contributed by atoms with Gasteiger partial charge in [0.15, 0.2) is 5.16 Å². The molecule has 9 heteroatoms. The standard InChI is InChI=1S/C22H24N4O3S2/c1-4-29-21(28)17-10-13(2)31-20(17)23-18(27)12-30-22-25-24-19(26(22)3)16-11-15(16)14-8-6-5-7-9-14/h5-10,15-16H,4,11-12H2,1-3H3,(H,23,27). The van der Waals surface area contributed by atoms with Gasteiger partial charge in [0, 0.05) is 17.8 Å². The number of carbonyl (C=O) groups is 2. The van der Waals surface area contributed by atoms with Crippen LogP contribution in [0, 0.1) is 6.92 Å². The molecule has 2 atom stereocenters. The monoisotopic (exact) mass is 456 g/mol. The van der Waals surface area contributed by atoms with E-state index in [9.17, 15) is 9.59 Å². The van der Waals surface area contributed by atoms with Gasteiger partial charge in [-0.1, -0.05) is 42.1 Å². The van der Waals surface area contributed by atoms with Gasteiger partial charge >= 0.3 is 5.97 Å². The Hall–Kier alpha value is -2.65. The third kappa shape index (κ3) is 4.83. The minimum absolute atomic E-state index is 0.179. The molecule has 1 fully saturated rings. The van der Waals surface area contributed by atoms with Crippen LogP contribution < -0.4 is 5.32 Å². The summed E-state index contributed by atoms with van der Waals surface area (Å²) >= 11 is 2.70. The summed E-state index contributed by atoms with van der Waals surface area (Å²) in [4.78, 5) is 25.5. The van der Waals surface area contributed by atoms with E-state index < -0.39 is 5.97 Å². The van der Waals surface area contributed by atoms with Gasteiger partial charge in [0.25, 0.3) is 0 Å². The third-order valence-electron chi connectivity index (χ3n) is 5.15. The van der Waals surface area contributed by atoms with Gasteiger partial charge in [0.1, 0.15) is 10.8 Å². The van der Waals surface area contributed by atoms with Gasteiger partial charge in [0.05, 0.1) is 17.9 Å². The van der Waals surface area contributed by atoms with Gasteiger partial charge < -0.3 is 14.6 Å². The Morgan fingerprint density at radius 3 is 2.77 bits per heavy atom. The van der Waals surface area contributed by atoms with Crippen molar-refractivity contribution in [2.75, 3.05) is 17.7 Å². The topological polar surface area (TPSA) is 86.1 Å². The number of nitrogens with one attached hydrogen (secondary N) is 1. The number of hydrogen-bond donors (Lipinski definition) is 1. The first-order valence-corrected chi connectivity index (χ1v) is 11.9. The maximum atomic E-state index is 12.5. The number of benzene rings is 1. The van der Waals surface area contributed by atoms with Gasteiger partial charge in [0.2, 0.25) is 5.91 Å². The van der Waals surface area contributed by atoms with Crippen LogP contribution in [-0.2, 0) is 16.6 Å². The number of anilines is 1. The average Bonchev–Trinajstić information content (AvgIpc) is 3.34. The number of nitrogens with zero attached hydrogens (tertiary/aromatic N) is 3. The molecule has 1 N–H and O–H groups in total. The smallest absolute Gasteiger partial charge is 0.341 e. The van der Waals surface area contributed by atoms with Crippen molar-refractivity contribution in [1.82, 2.24) is 14.8 Å². The number of esters is 1. The van der Waals surface area contributed by atoms with E-state index in [0.29, 0.717) is 27.6 Å². The van der Waals surface area contributed by atoms with E-state index in [-0.39, 0.29) is 18.3 Å². The summed E-state index contributed by atoms with van der Waals surface area (Å²) in [6.07, 6.45) is 1.06. The molecule has 7 nitrogen and oxygen atoms in total. The van der Waals surface area contributed by atoms with E-state index in [1.165, 1.54) is 28.7 Å². The summed E-state index contributed by atoms with van der Waals surface area (Å²) in [5.74, 6) is 1.35. The Labute approximate surface area is 189 Å². The molecule has 2 heterocycles. The van der Waals surface area contributed by atoms with Gasteiger partial charge in [-0.3, -0.25) is 4.79 Å². The summed E-state index contributed by atoms with van der Waals surface area (Å²) in [6, 6.07) is 12.2. The molecule has 0 bridgehead atoms. The van der Waals surface area contributed by atoms with Crippen LogP contribution in [0.2, 0.25) is 0 Å². The summed E-state index contributed by atoms with van der Waals surface area (Å²) in [5, 5.41) is 12.7. The molecule has 2 unspecified atom stereocenters. The number of carbonyl (C=O) groups excluding carboxylic acids is 2. The van der Waals surface area contributed by atoms with Crippen LogP contribution in [0.15, 0.2) is 41.6 Å². The molecule has 0 saturated heterocycles. The fourth-order valence-electron chi connectivity index (χ4n) is 3.58. The molecule has 1 aliphatic rings. The molecule has 0 aliphatic heterocycles. The Bertz CT molecular complexity index is 1090. The van der Waals surface area contributed by atoms with Crippen LogP contribution in [-0.4, -0.2) is 39.0 Å². The lowest BCUT2D eigenvalue weighted by atomic mass is 10.1. The van der Waals surface area contributed by atoms with Crippen LogP contribution in [0.3, 0.4) is 0 Å². The highest BCUT2D eigenvalue weighted by molar-refractivity contribution is 7.99. The van der Waals surface area contributed by atoms with Crippen molar-refractivity contribution in [2.45, 2.75) is 37.3 Å². The number of hydrogen-bond acceptors (Lipinski definition) is 7. The van der Waals surface area contributed by atoms with Gasteiger partial charge in [-0.05, 0) is 37.8 Å². The first-order valence-electron chi connectivity index (χ1n) is 10.1. The average molecular weight is 457 g/mol. The number of ether oxygens (including phenoxy) is 1. The fraction of sp³-hybridized carbons (Fsp3) is 0.364. The Kier molecular flexibility index (Phi) is 6.43. The van der Waals surface area contributed by atoms with Crippen molar-refractivity contribution < 1.29 is 14.3 Å². The highest BCUT2D eigenvalue weighted by Crippen LogP contribution is 2.54. The van der Waals surface area contributed by atoms with Crippen LogP contribution in [0.25, 0.3) is 0 Å². The molecule has 1 aliphatic carbocycles. The van der Waals surface area contributed by atoms with Crippen LogP contribution in [0.1, 0.15) is 51.8 Å². The van der Waals surface area contributed by atoms with Crippen molar-refractivity contribution in [3.05, 3.63) is 58.2 Å². The van der Waals surface area contributed by atoms with E-state index >= 15 is 0 Å². The van der Waals surface area contributed by atoms with Crippen LogP contribution in [0.4, 0.5) is 5.00 Å². The Balaban J connectivity index is 1.36. The normalized spacial score (nSPS) is 17.4. The number of aryl methyl sites for hydroxylation is 1. The van der Waals surface area contributed by atoms with E-state index in [0.717, 1.165) is 17.1 Å². The second-order valence-electron chi connectivity index (χ2n) is 7.42. The second-order valence-corrected chi connectivity index (χ2v) is 9.62. The largest absolute Gasteiger partial charge is 0.462 e. The van der Waals surface area contributed by atoms with E-state index in [4.69, 9.17) is 4.74 Å². The lowest BCUT2D eigenvalue weighted by Gasteiger charge is -2.06. The number of thioether (sulfide) groups is 1. The zero-order valence-corrected chi connectivity index (χ0v) is 19.3. The lowest BCUT2D eigenvalue weighted by Crippen LogP contribution is -2.16. The molecule has 31 heavy (non-hydrogen) atoms. The highest BCUT2D eigenvalue weighted by Gasteiger charge is 2.42. The summed E-state index contributed by atoms with van der Waals surface area (Å²) in [5.41, 5.74) is 1.72. The third-order valence-corrected chi connectivity index (χ3v) is 7.14. The predicted octanol–water partition coefficient (Wildman–Crippen LogP) is 4.36. The molecular formula is C22H24N4O3S2. The minimum atomic E-state index is -0.426. The molecule has 0 radical (unpaired) electrons. The molecule has 3 aromatic rings. The molecular weight excluding hydrogens is 432 g/mol. The summed E-state index contributed by atoms with van der Waals surface area (Å²) in [7, 11) is 1.94. The van der Waals surface area contributed by atoms with Crippen molar-refractivity contribution in [2.24, 2.45) is 7.05 Å². The van der Waals surface area contributed by atoms with Crippen LogP contribution >= 0.6 is 23.1 Å². The quantitative estimate of drug-likeness (QED) is 0.400. The van der Waals surface area contributed by atoms with E-state index in [1.54, 1.807) is 13.0 Å². The Morgan fingerprint density at radius 2 is 2.03 bits per heavy atom. The predicted molar refractivity (Wildman–Crippen MR) is 122 cm³/mol. The van der Waals surface area contributed by atoms with Crippen LogP contribution in [0.5, 0.6) is 0 Å². The first kappa shape index (κ1) is 21.6. The second kappa shape index (κ2) is 9.23.